The van der Waals surface area contributed by atoms with Crippen LogP contribution in [0.5, 0.6) is 0 Å². The molecule has 9 heteroatoms. The lowest BCUT2D eigenvalue weighted by atomic mass is 10.2. The van der Waals surface area contributed by atoms with Crippen molar-refractivity contribution in [1.29, 1.82) is 0 Å². The number of halogens is 1. The molecule has 29 heavy (non-hydrogen) atoms. The second-order valence-corrected chi connectivity index (χ2v) is 8.92. The highest BCUT2D eigenvalue weighted by Crippen LogP contribution is 2.22. The number of hydrogen-bond donors (Lipinski definition) is 2. The van der Waals surface area contributed by atoms with Crippen LogP contribution in [-0.2, 0) is 16.6 Å². The van der Waals surface area contributed by atoms with E-state index in [9.17, 15) is 8.42 Å². The minimum atomic E-state index is -3.55. The van der Waals surface area contributed by atoms with Gasteiger partial charge in [-0.3, -0.25) is 0 Å². The van der Waals surface area contributed by atoms with Crippen LogP contribution in [0.1, 0.15) is 11.1 Å². The molecule has 1 aliphatic rings. The molecule has 1 heterocycles. The number of benzene rings is 2. The van der Waals surface area contributed by atoms with Gasteiger partial charge in [-0.2, -0.15) is 4.31 Å². The topological polar surface area (TPSA) is 91.0 Å². The van der Waals surface area contributed by atoms with E-state index in [0.29, 0.717) is 23.5 Å². The first-order valence-corrected chi connectivity index (χ1v) is 10.7. The Balaban J connectivity index is 0.00000300. The fourth-order valence-corrected chi connectivity index (χ4v) is 4.77. The van der Waals surface area contributed by atoms with E-state index in [-0.39, 0.29) is 36.5 Å². The Bertz CT molecular complexity index is 957. The Labute approximate surface area is 190 Å². The molecule has 0 amide bonds. The van der Waals surface area contributed by atoms with Crippen LogP contribution in [0, 0.1) is 6.92 Å². The average Bonchev–Trinajstić information content (AvgIpc) is 2.67. The molecule has 1 aliphatic heterocycles. The molecule has 0 atom stereocenters. The van der Waals surface area contributed by atoms with Crippen LogP contribution in [0.3, 0.4) is 0 Å². The zero-order chi connectivity index (χ0) is 20.1. The number of hydrogen-bond acceptors (Lipinski definition) is 4. The number of anilines is 1. The monoisotopic (exact) mass is 529 g/mol. The molecule has 1 fully saturated rings. The number of likely N-dealkylation sites (N-methyl/N-ethyl adjacent to an activating group) is 1. The highest BCUT2D eigenvalue weighted by Gasteiger charge is 2.29. The summed E-state index contributed by atoms with van der Waals surface area (Å²) in [5.41, 5.74) is 8.59. The zero-order valence-corrected chi connectivity index (χ0v) is 19.9. The van der Waals surface area contributed by atoms with Gasteiger partial charge in [0.2, 0.25) is 10.0 Å². The first-order chi connectivity index (χ1) is 13.4. The lowest BCUT2D eigenvalue weighted by Crippen LogP contribution is -2.47. The van der Waals surface area contributed by atoms with Crippen LogP contribution in [0.15, 0.2) is 58.4 Å². The Morgan fingerprint density at radius 1 is 1.10 bits per heavy atom. The number of aryl methyl sites for hydroxylation is 1. The van der Waals surface area contributed by atoms with Gasteiger partial charge in [0.1, 0.15) is 0 Å². The van der Waals surface area contributed by atoms with Crippen LogP contribution in [0.2, 0.25) is 0 Å². The quantitative estimate of drug-likeness (QED) is 0.353. The second kappa shape index (κ2) is 10.4. The summed E-state index contributed by atoms with van der Waals surface area (Å²) >= 11 is 0. The van der Waals surface area contributed by atoms with Crippen molar-refractivity contribution in [2.75, 3.05) is 38.5 Å². The van der Waals surface area contributed by atoms with Gasteiger partial charge in [0.05, 0.1) is 11.4 Å². The molecule has 3 N–H and O–H groups in total. The van der Waals surface area contributed by atoms with Gasteiger partial charge in [-0.05, 0) is 43.3 Å². The molecule has 2 aromatic carbocycles. The lowest BCUT2D eigenvalue weighted by Gasteiger charge is -2.32. The number of rotatable bonds is 5. The number of sulfonamides is 1. The van der Waals surface area contributed by atoms with Crippen molar-refractivity contribution in [3.05, 3.63) is 59.7 Å². The Kier molecular flexibility index (Phi) is 8.44. The molecule has 0 spiro atoms. The molecule has 158 valence electrons. The third-order valence-corrected chi connectivity index (χ3v) is 6.76. The van der Waals surface area contributed by atoms with Crippen molar-refractivity contribution >= 4 is 45.6 Å². The van der Waals surface area contributed by atoms with Gasteiger partial charge >= 0.3 is 0 Å². The van der Waals surface area contributed by atoms with Gasteiger partial charge in [0, 0.05) is 31.9 Å². The van der Waals surface area contributed by atoms with Gasteiger partial charge in [-0.1, -0.05) is 30.3 Å². The van der Waals surface area contributed by atoms with Gasteiger partial charge < -0.3 is 16.0 Å². The summed E-state index contributed by atoms with van der Waals surface area (Å²) in [4.78, 5) is 6.77. The first-order valence-electron chi connectivity index (χ1n) is 9.26. The highest BCUT2D eigenvalue weighted by molar-refractivity contribution is 14.0. The Morgan fingerprint density at radius 3 is 2.48 bits per heavy atom. The third kappa shape index (κ3) is 6.14. The molecule has 0 saturated carbocycles. The van der Waals surface area contributed by atoms with Crippen LogP contribution in [0.4, 0.5) is 5.69 Å². The molecule has 0 aromatic heterocycles. The van der Waals surface area contributed by atoms with Crippen LogP contribution in [-0.4, -0.2) is 56.8 Å². The summed E-state index contributed by atoms with van der Waals surface area (Å²) < 4.78 is 27.7. The molecule has 0 unspecified atom stereocenters. The summed E-state index contributed by atoms with van der Waals surface area (Å²) in [7, 11) is -1.56. The van der Waals surface area contributed by atoms with Crippen LogP contribution in [0.25, 0.3) is 0 Å². The van der Waals surface area contributed by atoms with E-state index in [1.165, 1.54) is 0 Å². The summed E-state index contributed by atoms with van der Waals surface area (Å²) in [5.74, 6) is 0.248. The van der Waals surface area contributed by atoms with Crippen molar-refractivity contribution < 1.29 is 8.42 Å². The van der Waals surface area contributed by atoms with E-state index in [4.69, 9.17) is 5.73 Å². The summed E-state index contributed by atoms with van der Waals surface area (Å²) in [6.45, 7) is 4.63. The van der Waals surface area contributed by atoms with E-state index in [1.54, 1.807) is 22.5 Å². The van der Waals surface area contributed by atoms with E-state index >= 15 is 0 Å². The zero-order valence-electron chi connectivity index (χ0n) is 16.7. The molecule has 7 nitrogen and oxygen atoms in total. The summed E-state index contributed by atoms with van der Waals surface area (Å²) in [6, 6.07) is 14.8. The second-order valence-electron chi connectivity index (χ2n) is 7.01. The van der Waals surface area contributed by atoms with Crippen molar-refractivity contribution in [3.8, 4) is 0 Å². The predicted octanol–water partition coefficient (Wildman–Crippen LogP) is 2.48. The molecular weight excluding hydrogens is 501 g/mol. The van der Waals surface area contributed by atoms with Gasteiger partial charge in [0.15, 0.2) is 5.96 Å². The minimum Gasteiger partial charge on any atom is -0.370 e. The van der Waals surface area contributed by atoms with Gasteiger partial charge in [-0.25, -0.2) is 13.4 Å². The van der Waals surface area contributed by atoms with E-state index in [0.717, 1.165) is 24.3 Å². The minimum absolute atomic E-state index is 0. The fourth-order valence-electron chi connectivity index (χ4n) is 3.13. The number of nitrogens with zero attached hydrogens (tertiary/aromatic N) is 3. The Hall–Kier alpha value is -1.69. The van der Waals surface area contributed by atoms with Crippen molar-refractivity contribution in [2.45, 2.75) is 18.4 Å². The van der Waals surface area contributed by atoms with Crippen molar-refractivity contribution in [2.24, 2.45) is 10.7 Å². The number of nitrogens with two attached hydrogens (primary N) is 1. The number of piperazine rings is 1. The van der Waals surface area contributed by atoms with E-state index in [2.05, 4.69) is 15.2 Å². The molecule has 2 aromatic rings. The third-order valence-electron chi connectivity index (χ3n) is 4.76. The number of aliphatic imine (C=N–C) groups is 1. The molecule has 1 saturated heterocycles. The predicted molar refractivity (Wildman–Crippen MR) is 128 cm³/mol. The number of guanidine groups is 1. The maximum atomic E-state index is 13.1. The molecular formula is C20H28IN5O2S. The van der Waals surface area contributed by atoms with E-state index in [1.807, 2.05) is 44.3 Å². The molecule has 3 rings (SSSR count). The van der Waals surface area contributed by atoms with Gasteiger partial charge in [-0.15, -0.1) is 24.0 Å². The Morgan fingerprint density at radius 2 is 1.79 bits per heavy atom. The largest absolute Gasteiger partial charge is 0.370 e. The molecule has 0 bridgehead atoms. The average molecular weight is 529 g/mol. The van der Waals surface area contributed by atoms with Crippen LogP contribution >= 0.6 is 24.0 Å². The molecule has 0 radical (unpaired) electrons. The SMILES string of the molecule is Cc1cccc(NC(N)=NCc2ccccc2S(=O)(=O)N2CCN(C)CC2)c1.I. The maximum Gasteiger partial charge on any atom is 0.243 e. The van der Waals surface area contributed by atoms with Gasteiger partial charge in [0.25, 0.3) is 0 Å². The lowest BCUT2D eigenvalue weighted by molar-refractivity contribution is 0.222. The van der Waals surface area contributed by atoms with Crippen molar-refractivity contribution in [1.82, 2.24) is 9.21 Å². The number of nitrogens with one attached hydrogen (secondary N) is 1. The normalized spacial score (nSPS) is 16.3. The summed E-state index contributed by atoms with van der Waals surface area (Å²) in [6.07, 6.45) is 0. The standard InChI is InChI=1S/C20H27N5O2S.HI/c1-16-6-5-8-18(14-16)23-20(21)22-15-17-7-3-4-9-19(17)28(26,27)25-12-10-24(2)11-13-25;/h3-9,14H,10-13,15H2,1-2H3,(H3,21,22,23);1H. The summed E-state index contributed by atoms with van der Waals surface area (Å²) in [5, 5.41) is 3.04. The first kappa shape index (κ1) is 23.6. The van der Waals surface area contributed by atoms with Crippen molar-refractivity contribution in [3.63, 3.8) is 0 Å². The highest BCUT2D eigenvalue weighted by atomic mass is 127. The smallest absolute Gasteiger partial charge is 0.243 e. The van der Waals surface area contributed by atoms with E-state index < -0.39 is 10.0 Å². The van der Waals surface area contributed by atoms with Crippen LogP contribution < -0.4 is 11.1 Å². The maximum absolute atomic E-state index is 13.1. The molecule has 0 aliphatic carbocycles. The fraction of sp³-hybridized carbons (Fsp3) is 0.350.